The van der Waals surface area contributed by atoms with E-state index in [1.807, 2.05) is 30.3 Å². The van der Waals surface area contributed by atoms with Crippen molar-refractivity contribution in [1.82, 2.24) is 14.9 Å². The lowest BCUT2D eigenvalue weighted by Crippen LogP contribution is -2.37. The van der Waals surface area contributed by atoms with Crippen molar-refractivity contribution >= 4 is 11.9 Å². The highest BCUT2D eigenvalue weighted by molar-refractivity contribution is 5.97. The lowest BCUT2D eigenvalue weighted by atomic mass is 9.76. The highest BCUT2D eigenvalue weighted by Gasteiger charge is 2.35. The summed E-state index contributed by atoms with van der Waals surface area (Å²) in [4.78, 5) is 41.2. The summed E-state index contributed by atoms with van der Waals surface area (Å²) in [5.41, 5.74) is -0.251. The van der Waals surface area contributed by atoms with E-state index < -0.39 is 35.4 Å². The molecule has 2 saturated carbocycles. The molecule has 0 radical (unpaired) electrons. The van der Waals surface area contributed by atoms with Gasteiger partial charge in [-0.1, -0.05) is 68.9 Å². The molecule has 2 aromatic rings. The summed E-state index contributed by atoms with van der Waals surface area (Å²) in [5.74, 6) is -1.92. The molecule has 2 aliphatic carbocycles. The van der Waals surface area contributed by atoms with Gasteiger partial charge in [-0.15, -0.1) is 0 Å². The van der Waals surface area contributed by atoms with E-state index in [1.165, 1.54) is 6.42 Å². The Morgan fingerprint density at radius 1 is 1.00 bits per heavy atom. The first-order chi connectivity index (χ1) is 16.5. The van der Waals surface area contributed by atoms with Crippen LogP contribution in [0, 0.1) is 5.92 Å². The van der Waals surface area contributed by atoms with Crippen molar-refractivity contribution in [2.24, 2.45) is 5.92 Å². The number of amides is 1. The monoisotopic (exact) mass is 467 g/mol. The van der Waals surface area contributed by atoms with Crippen molar-refractivity contribution in [3.8, 4) is 5.88 Å². The summed E-state index contributed by atoms with van der Waals surface area (Å²) in [6.07, 6.45) is 10.2. The lowest BCUT2D eigenvalue weighted by Gasteiger charge is -2.35. The first kappa shape index (κ1) is 24.0. The molecule has 1 aromatic heterocycles. The van der Waals surface area contributed by atoms with Crippen LogP contribution in [0.2, 0.25) is 0 Å². The van der Waals surface area contributed by atoms with Gasteiger partial charge in [0.05, 0.1) is 0 Å². The standard InChI is InChI=1S/C26H33N3O5/c30-20(31)16-27-24(32)22-25(33)28-23(29(26(22)34)19-14-8-3-9-15-19)21(17-10-4-1-5-11-17)18-12-6-2-7-13-18/h1,4-5,10-11,18-19,21,34H,2-3,6-9,12-16H2,(H,27,32)(H,30,31). The number of aromatic hydroxyl groups is 1. The van der Waals surface area contributed by atoms with Crippen LogP contribution in [0.3, 0.4) is 0 Å². The number of rotatable bonds is 7. The highest BCUT2D eigenvalue weighted by atomic mass is 16.4. The zero-order valence-electron chi connectivity index (χ0n) is 19.4. The molecule has 0 bridgehead atoms. The van der Waals surface area contributed by atoms with E-state index in [1.54, 1.807) is 4.57 Å². The van der Waals surface area contributed by atoms with Gasteiger partial charge in [-0.3, -0.25) is 19.0 Å². The fourth-order valence-electron chi connectivity index (χ4n) is 5.66. The van der Waals surface area contributed by atoms with Crippen molar-refractivity contribution in [2.75, 3.05) is 6.54 Å². The number of hydrogen-bond donors (Lipinski definition) is 3. The normalized spacial score (nSPS) is 18.4. The van der Waals surface area contributed by atoms with Crippen LogP contribution in [-0.4, -0.2) is 38.2 Å². The molecule has 8 nitrogen and oxygen atoms in total. The average Bonchev–Trinajstić information content (AvgIpc) is 2.85. The zero-order valence-corrected chi connectivity index (χ0v) is 19.4. The molecule has 2 fully saturated rings. The Morgan fingerprint density at radius 2 is 1.62 bits per heavy atom. The Bertz CT molecular complexity index is 1070. The molecule has 1 unspecified atom stereocenters. The SMILES string of the molecule is O=C(O)CNC(=O)c1c(O)n(C2CCCCC2)c(C(c2ccccc2)C2CCCCC2)nc1=O. The Labute approximate surface area is 199 Å². The van der Waals surface area contributed by atoms with Gasteiger partial charge in [-0.2, -0.15) is 4.98 Å². The highest BCUT2D eigenvalue weighted by Crippen LogP contribution is 2.43. The molecule has 34 heavy (non-hydrogen) atoms. The van der Waals surface area contributed by atoms with Crippen LogP contribution in [0.1, 0.15) is 97.9 Å². The number of carbonyl (C=O) groups is 2. The van der Waals surface area contributed by atoms with Gasteiger partial charge in [-0.25, -0.2) is 0 Å². The third-order valence-electron chi connectivity index (χ3n) is 7.25. The minimum absolute atomic E-state index is 0.0716. The maximum Gasteiger partial charge on any atom is 0.322 e. The molecule has 3 N–H and O–H groups in total. The molecular formula is C26H33N3O5. The number of nitrogens with one attached hydrogen (secondary N) is 1. The third-order valence-corrected chi connectivity index (χ3v) is 7.25. The molecule has 1 heterocycles. The molecule has 4 rings (SSSR count). The lowest BCUT2D eigenvalue weighted by molar-refractivity contribution is -0.135. The van der Waals surface area contributed by atoms with Crippen LogP contribution in [0.25, 0.3) is 0 Å². The summed E-state index contributed by atoms with van der Waals surface area (Å²) in [6, 6.07) is 9.92. The van der Waals surface area contributed by atoms with E-state index in [9.17, 15) is 19.5 Å². The number of carboxylic acid groups (broad SMARTS) is 1. The minimum atomic E-state index is -1.23. The molecule has 0 aliphatic heterocycles. The maximum atomic E-state index is 13.1. The molecule has 1 atom stereocenters. The third kappa shape index (κ3) is 5.16. The van der Waals surface area contributed by atoms with E-state index in [0.29, 0.717) is 5.82 Å². The van der Waals surface area contributed by atoms with Gasteiger partial charge in [0.15, 0.2) is 5.56 Å². The number of carbonyl (C=O) groups excluding carboxylic acids is 1. The van der Waals surface area contributed by atoms with Crippen molar-refractivity contribution < 1.29 is 19.8 Å². The molecule has 0 saturated heterocycles. The molecule has 0 spiro atoms. The number of aromatic nitrogens is 2. The predicted octanol–water partition coefficient (Wildman–Crippen LogP) is 3.98. The molecule has 1 aromatic carbocycles. The van der Waals surface area contributed by atoms with Crippen molar-refractivity contribution in [3.05, 3.63) is 57.6 Å². The quantitative estimate of drug-likeness (QED) is 0.566. The average molecular weight is 468 g/mol. The summed E-state index contributed by atoms with van der Waals surface area (Å²) in [6.45, 7) is -0.641. The maximum absolute atomic E-state index is 13.1. The van der Waals surface area contributed by atoms with Gasteiger partial charge in [-0.05, 0) is 37.2 Å². The van der Waals surface area contributed by atoms with Gasteiger partial charge in [0.2, 0.25) is 5.88 Å². The minimum Gasteiger partial charge on any atom is -0.494 e. The van der Waals surface area contributed by atoms with Gasteiger partial charge >= 0.3 is 5.97 Å². The van der Waals surface area contributed by atoms with Gasteiger partial charge in [0, 0.05) is 12.0 Å². The van der Waals surface area contributed by atoms with Gasteiger partial charge in [0.25, 0.3) is 11.5 Å². The topological polar surface area (TPSA) is 122 Å². The van der Waals surface area contributed by atoms with Crippen LogP contribution in [-0.2, 0) is 4.79 Å². The number of aliphatic carboxylic acids is 1. The first-order valence-corrected chi connectivity index (χ1v) is 12.4. The van der Waals surface area contributed by atoms with Crippen molar-refractivity contribution in [1.29, 1.82) is 0 Å². The zero-order chi connectivity index (χ0) is 24.1. The number of nitrogens with zero attached hydrogens (tertiary/aromatic N) is 2. The fourth-order valence-corrected chi connectivity index (χ4v) is 5.66. The van der Waals surface area contributed by atoms with Crippen LogP contribution in [0.5, 0.6) is 5.88 Å². The van der Waals surface area contributed by atoms with Crippen LogP contribution in [0.15, 0.2) is 35.1 Å². The molecular weight excluding hydrogens is 434 g/mol. The molecule has 1 amide bonds. The van der Waals surface area contributed by atoms with Crippen molar-refractivity contribution in [2.45, 2.75) is 76.2 Å². The second-order valence-electron chi connectivity index (χ2n) is 9.50. The second kappa shape index (κ2) is 10.8. The number of hydrogen-bond acceptors (Lipinski definition) is 5. The summed E-state index contributed by atoms with van der Waals surface area (Å²) in [7, 11) is 0. The number of benzene rings is 1. The van der Waals surface area contributed by atoms with E-state index in [2.05, 4.69) is 10.3 Å². The van der Waals surface area contributed by atoms with Crippen LogP contribution < -0.4 is 10.9 Å². The fraction of sp³-hybridized carbons (Fsp3) is 0.538. The van der Waals surface area contributed by atoms with E-state index in [4.69, 9.17) is 5.11 Å². The van der Waals surface area contributed by atoms with Crippen molar-refractivity contribution in [3.63, 3.8) is 0 Å². The summed E-state index contributed by atoms with van der Waals surface area (Å²) >= 11 is 0. The Kier molecular flexibility index (Phi) is 7.65. The van der Waals surface area contributed by atoms with E-state index >= 15 is 0 Å². The van der Waals surface area contributed by atoms with E-state index in [-0.39, 0.29) is 17.9 Å². The smallest absolute Gasteiger partial charge is 0.322 e. The van der Waals surface area contributed by atoms with Gasteiger partial charge < -0.3 is 15.5 Å². The Morgan fingerprint density at radius 3 is 2.24 bits per heavy atom. The molecule has 8 heteroatoms. The molecule has 182 valence electrons. The molecule has 2 aliphatic rings. The Balaban J connectivity index is 1.88. The van der Waals surface area contributed by atoms with Gasteiger partial charge in [0.1, 0.15) is 12.4 Å². The Hall–Kier alpha value is -3.16. The first-order valence-electron chi connectivity index (χ1n) is 12.4. The largest absolute Gasteiger partial charge is 0.494 e. The summed E-state index contributed by atoms with van der Waals surface area (Å²) < 4.78 is 1.72. The second-order valence-corrected chi connectivity index (χ2v) is 9.50. The van der Waals surface area contributed by atoms with Crippen LogP contribution in [0.4, 0.5) is 0 Å². The van der Waals surface area contributed by atoms with Crippen LogP contribution >= 0.6 is 0 Å². The number of carboxylic acids is 1. The summed E-state index contributed by atoms with van der Waals surface area (Å²) in [5, 5.41) is 22.5. The van der Waals surface area contributed by atoms with E-state index in [0.717, 1.165) is 63.4 Å². The predicted molar refractivity (Wildman–Crippen MR) is 127 cm³/mol.